The van der Waals surface area contributed by atoms with Gasteiger partial charge in [-0.15, -0.1) is 0 Å². The van der Waals surface area contributed by atoms with Crippen molar-refractivity contribution in [1.29, 1.82) is 0 Å². The Morgan fingerprint density at radius 1 is 1.38 bits per heavy atom. The molecular weight excluding hydrogens is 317 g/mol. The number of rotatable bonds is 4. The Morgan fingerprint density at radius 2 is 2.17 bits per heavy atom. The Labute approximate surface area is 134 Å². The molecule has 8 heteroatoms. The standard InChI is InChI=1S/C16H12FN3O4/c17-13-9(6-19-16(22)23)2-1-3-10(13)11-4-8(7-21)5-12-14(11)24-20-15(12)18/h1-5,7,19H,6H2,(H2,18,20)(H,22,23). The van der Waals surface area contributed by atoms with Crippen LogP contribution < -0.4 is 11.1 Å². The van der Waals surface area contributed by atoms with Crippen molar-refractivity contribution < 1.29 is 23.6 Å². The summed E-state index contributed by atoms with van der Waals surface area (Å²) in [7, 11) is 0. The Kier molecular flexibility index (Phi) is 3.87. The number of carbonyl (C=O) groups excluding carboxylic acids is 1. The molecule has 0 saturated heterocycles. The monoisotopic (exact) mass is 329 g/mol. The van der Waals surface area contributed by atoms with Crippen LogP contribution in [0.4, 0.5) is 15.0 Å². The number of halogens is 1. The van der Waals surface area contributed by atoms with Gasteiger partial charge in [-0.3, -0.25) is 4.79 Å². The molecule has 2 aromatic carbocycles. The molecule has 1 heterocycles. The van der Waals surface area contributed by atoms with Gasteiger partial charge in [0.05, 0.1) is 5.39 Å². The van der Waals surface area contributed by atoms with Crippen LogP contribution in [0.1, 0.15) is 15.9 Å². The van der Waals surface area contributed by atoms with Gasteiger partial charge < -0.3 is 20.7 Å². The van der Waals surface area contributed by atoms with E-state index in [1.165, 1.54) is 24.3 Å². The summed E-state index contributed by atoms with van der Waals surface area (Å²) in [4.78, 5) is 21.7. The first-order valence-electron chi connectivity index (χ1n) is 6.90. The maximum Gasteiger partial charge on any atom is 0.404 e. The third kappa shape index (κ3) is 2.65. The Hall–Kier alpha value is -3.42. The van der Waals surface area contributed by atoms with E-state index in [2.05, 4.69) is 10.5 Å². The second kappa shape index (κ2) is 5.99. The predicted octanol–water partition coefficient (Wildman–Crippen LogP) is 2.80. The number of carboxylic acid groups (broad SMARTS) is 1. The van der Waals surface area contributed by atoms with Crippen LogP contribution in [0.2, 0.25) is 0 Å². The molecule has 7 nitrogen and oxygen atoms in total. The number of nitrogens with two attached hydrogens (primary N) is 1. The average Bonchev–Trinajstić information content (AvgIpc) is 2.94. The van der Waals surface area contributed by atoms with Gasteiger partial charge in [0.15, 0.2) is 11.4 Å². The normalized spacial score (nSPS) is 10.7. The number of aromatic nitrogens is 1. The van der Waals surface area contributed by atoms with Crippen LogP contribution in [0.25, 0.3) is 22.1 Å². The number of amides is 1. The molecule has 1 amide bonds. The molecule has 0 bridgehead atoms. The van der Waals surface area contributed by atoms with E-state index in [9.17, 15) is 14.0 Å². The fraction of sp³-hybridized carbons (Fsp3) is 0.0625. The Balaban J connectivity index is 2.18. The number of fused-ring (bicyclic) bond motifs is 1. The zero-order chi connectivity index (χ0) is 17.3. The molecule has 0 fully saturated rings. The SMILES string of the molecule is Nc1noc2c(-c3cccc(CNC(=O)O)c3F)cc(C=O)cc12. The van der Waals surface area contributed by atoms with Crippen LogP contribution in [-0.2, 0) is 6.54 Å². The number of aldehydes is 1. The van der Waals surface area contributed by atoms with E-state index in [0.717, 1.165) is 0 Å². The van der Waals surface area contributed by atoms with Gasteiger partial charge in [0, 0.05) is 28.8 Å². The van der Waals surface area contributed by atoms with E-state index >= 15 is 0 Å². The first kappa shape index (κ1) is 15.5. The quantitative estimate of drug-likeness (QED) is 0.633. The number of nitrogens with one attached hydrogen (secondary N) is 1. The number of carbonyl (C=O) groups is 2. The first-order chi connectivity index (χ1) is 11.5. The van der Waals surface area contributed by atoms with Gasteiger partial charge in [0.25, 0.3) is 0 Å². The molecule has 3 aromatic rings. The molecule has 4 N–H and O–H groups in total. The molecule has 0 aliphatic rings. The first-order valence-corrected chi connectivity index (χ1v) is 6.90. The maximum absolute atomic E-state index is 14.8. The van der Waals surface area contributed by atoms with Crippen molar-refractivity contribution in [2.45, 2.75) is 6.54 Å². The van der Waals surface area contributed by atoms with E-state index in [-0.39, 0.29) is 29.1 Å². The summed E-state index contributed by atoms with van der Waals surface area (Å²) in [6, 6.07) is 7.51. The second-order valence-corrected chi connectivity index (χ2v) is 5.07. The van der Waals surface area contributed by atoms with E-state index in [4.69, 9.17) is 15.4 Å². The van der Waals surface area contributed by atoms with Crippen molar-refractivity contribution in [3.05, 3.63) is 47.3 Å². The van der Waals surface area contributed by atoms with Crippen molar-refractivity contribution in [3.8, 4) is 11.1 Å². The smallest absolute Gasteiger partial charge is 0.404 e. The highest BCUT2D eigenvalue weighted by molar-refractivity contribution is 6.01. The molecule has 3 rings (SSSR count). The van der Waals surface area contributed by atoms with Crippen LogP contribution in [0.5, 0.6) is 0 Å². The lowest BCUT2D eigenvalue weighted by atomic mass is 9.98. The van der Waals surface area contributed by atoms with Crippen molar-refractivity contribution in [2.24, 2.45) is 0 Å². The van der Waals surface area contributed by atoms with Crippen molar-refractivity contribution in [3.63, 3.8) is 0 Å². The summed E-state index contributed by atoms with van der Waals surface area (Å²) in [5.41, 5.74) is 6.88. The molecule has 0 unspecified atom stereocenters. The minimum atomic E-state index is -1.26. The van der Waals surface area contributed by atoms with Gasteiger partial charge in [-0.25, -0.2) is 9.18 Å². The summed E-state index contributed by atoms with van der Waals surface area (Å²) < 4.78 is 19.9. The zero-order valence-electron chi connectivity index (χ0n) is 12.2. The van der Waals surface area contributed by atoms with Crippen LogP contribution in [0.15, 0.2) is 34.9 Å². The molecule has 0 saturated carbocycles. The van der Waals surface area contributed by atoms with Crippen LogP contribution in [0.3, 0.4) is 0 Å². The molecule has 0 aliphatic heterocycles. The number of nitrogen functional groups attached to an aromatic ring is 1. The summed E-state index contributed by atoms with van der Waals surface area (Å²) in [5.74, 6) is -0.523. The highest BCUT2D eigenvalue weighted by Gasteiger charge is 2.18. The Morgan fingerprint density at radius 3 is 2.88 bits per heavy atom. The molecule has 0 spiro atoms. The van der Waals surface area contributed by atoms with Gasteiger partial charge in [-0.2, -0.15) is 0 Å². The third-order valence-corrected chi connectivity index (χ3v) is 3.56. The number of nitrogens with zero attached hydrogens (tertiary/aromatic N) is 1. The van der Waals surface area contributed by atoms with Crippen molar-refractivity contribution >= 4 is 29.2 Å². The predicted molar refractivity (Wildman–Crippen MR) is 84.1 cm³/mol. The van der Waals surface area contributed by atoms with E-state index in [0.29, 0.717) is 22.8 Å². The topological polar surface area (TPSA) is 118 Å². The Bertz CT molecular complexity index is 952. The highest BCUT2D eigenvalue weighted by atomic mass is 19.1. The number of hydrogen-bond donors (Lipinski definition) is 3. The number of anilines is 1. The molecule has 0 aliphatic carbocycles. The summed E-state index contributed by atoms with van der Waals surface area (Å²) in [5, 5.41) is 14.8. The number of hydrogen-bond acceptors (Lipinski definition) is 5. The molecule has 0 radical (unpaired) electrons. The molecule has 0 atom stereocenters. The van der Waals surface area contributed by atoms with Gasteiger partial charge in [-0.05, 0) is 12.1 Å². The fourth-order valence-electron chi connectivity index (χ4n) is 2.45. The van der Waals surface area contributed by atoms with Crippen LogP contribution >= 0.6 is 0 Å². The average molecular weight is 329 g/mol. The second-order valence-electron chi connectivity index (χ2n) is 5.07. The zero-order valence-corrected chi connectivity index (χ0v) is 12.2. The summed E-state index contributed by atoms with van der Waals surface area (Å²) >= 11 is 0. The fourth-order valence-corrected chi connectivity index (χ4v) is 2.45. The maximum atomic E-state index is 14.8. The van der Waals surface area contributed by atoms with Crippen LogP contribution in [-0.4, -0.2) is 22.6 Å². The minimum absolute atomic E-state index is 0.0963. The highest BCUT2D eigenvalue weighted by Crippen LogP contribution is 2.34. The van der Waals surface area contributed by atoms with Crippen molar-refractivity contribution in [1.82, 2.24) is 10.5 Å². The van der Waals surface area contributed by atoms with E-state index < -0.39 is 11.9 Å². The largest absolute Gasteiger partial charge is 0.465 e. The van der Waals surface area contributed by atoms with Gasteiger partial charge in [-0.1, -0.05) is 23.4 Å². The lowest BCUT2D eigenvalue weighted by Gasteiger charge is -2.09. The van der Waals surface area contributed by atoms with E-state index in [1.54, 1.807) is 6.07 Å². The van der Waals surface area contributed by atoms with Crippen molar-refractivity contribution in [2.75, 3.05) is 5.73 Å². The summed E-state index contributed by atoms with van der Waals surface area (Å²) in [6.07, 6.45) is -0.642. The molecule has 24 heavy (non-hydrogen) atoms. The molecule has 1 aromatic heterocycles. The van der Waals surface area contributed by atoms with Gasteiger partial charge >= 0.3 is 6.09 Å². The lowest BCUT2D eigenvalue weighted by molar-refractivity contribution is 0.112. The summed E-state index contributed by atoms with van der Waals surface area (Å²) in [6.45, 7) is -0.190. The molecular formula is C16H12FN3O4. The van der Waals surface area contributed by atoms with Gasteiger partial charge in [0.1, 0.15) is 12.1 Å². The molecule has 122 valence electrons. The lowest BCUT2D eigenvalue weighted by Crippen LogP contribution is -2.20. The minimum Gasteiger partial charge on any atom is -0.465 e. The number of benzene rings is 2. The van der Waals surface area contributed by atoms with Gasteiger partial charge in [0.2, 0.25) is 0 Å². The third-order valence-electron chi connectivity index (χ3n) is 3.56. The van der Waals surface area contributed by atoms with E-state index in [1.807, 2.05) is 0 Å². The van der Waals surface area contributed by atoms with Crippen LogP contribution in [0, 0.1) is 5.82 Å².